The maximum atomic E-state index is 11.2. The van der Waals surface area contributed by atoms with Gasteiger partial charge in [0, 0.05) is 21.9 Å². The number of nitrogen functional groups attached to an aromatic ring is 2. The summed E-state index contributed by atoms with van der Waals surface area (Å²) in [6, 6.07) is 13.9. The van der Waals surface area contributed by atoms with E-state index in [0.717, 1.165) is 4.90 Å². The molecule has 3 aromatic rings. The first kappa shape index (κ1) is 20.9. The number of nitro benzene ring substituents is 1. The van der Waals surface area contributed by atoms with E-state index in [1.807, 2.05) is 30.3 Å². The molecule has 0 unspecified atom stereocenters. The highest BCUT2D eigenvalue weighted by Gasteiger charge is 2.21. The number of benzene rings is 3. The van der Waals surface area contributed by atoms with Gasteiger partial charge in [0.15, 0.2) is 5.75 Å². The van der Waals surface area contributed by atoms with Crippen LogP contribution in [0.25, 0.3) is 0 Å². The molecule has 0 aromatic heterocycles. The van der Waals surface area contributed by atoms with Crippen LogP contribution in [0.5, 0.6) is 5.75 Å². The summed E-state index contributed by atoms with van der Waals surface area (Å²) in [7, 11) is 1.33. The Labute approximate surface area is 181 Å². The van der Waals surface area contributed by atoms with Gasteiger partial charge in [-0.05, 0) is 18.2 Å². The van der Waals surface area contributed by atoms with Gasteiger partial charge in [0.1, 0.15) is 0 Å². The first-order valence-corrected chi connectivity index (χ1v) is 9.78. The highest BCUT2D eigenvalue weighted by Crippen LogP contribution is 2.46. The molecule has 0 aliphatic carbocycles. The Morgan fingerprint density at radius 2 is 1.83 bits per heavy atom. The minimum Gasteiger partial charge on any atom is -0.490 e. The van der Waals surface area contributed by atoms with Gasteiger partial charge in [0.2, 0.25) is 0 Å². The molecule has 0 radical (unpaired) electrons. The Morgan fingerprint density at radius 3 is 2.45 bits per heavy atom. The fraction of sp³-hybridized carbons (Fsp3) is 0.0526. The number of nitrogens with two attached hydrogens (primary N) is 2. The highest BCUT2D eigenvalue weighted by molar-refractivity contribution is 7.99. The second kappa shape index (κ2) is 8.69. The quantitative estimate of drug-likeness (QED) is 0.240. The van der Waals surface area contributed by atoms with Crippen LogP contribution in [0.15, 0.2) is 58.3 Å². The van der Waals surface area contributed by atoms with Crippen molar-refractivity contribution in [2.45, 2.75) is 9.79 Å². The van der Waals surface area contributed by atoms with E-state index in [0.29, 0.717) is 27.6 Å². The Morgan fingerprint density at radius 1 is 1.14 bits per heavy atom. The summed E-state index contributed by atoms with van der Waals surface area (Å²) in [5, 5.41) is 14.5. The van der Waals surface area contributed by atoms with Crippen LogP contribution in [-0.2, 0) is 0 Å². The molecule has 29 heavy (non-hydrogen) atoms. The van der Waals surface area contributed by atoms with Crippen LogP contribution in [0.4, 0.5) is 28.4 Å². The molecule has 0 heterocycles. The number of nitro groups is 1. The van der Waals surface area contributed by atoms with Gasteiger partial charge in [-0.3, -0.25) is 10.1 Å². The molecule has 0 saturated carbocycles. The SMILES string of the molecule is COc1cc(Nc2c(N)c(Sc3ccccc3)cc(N)c2Cl)c(Cl)cc1[N+](=O)[O-]. The van der Waals surface area contributed by atoms with Gasteiger partial charge < -0.3 is 21.5 Å². The Kier molecular flexibility index (Phi) is 6.26. The summed E-state index contributed by atoms with van der Waals surface area (Å²) >= 11 is 14.0. The molecular formula is C19H16Cl2N4O3S. The van der Waals surface area contributed by atoms with Crippen molar-refractivity contribution in [2.24, 2.45) is 0 Å². The molecule has 0 bridgehead atoms. The number of methoxy groups -OCH3 is 1. The lowest BCUT2D eigenvalue weighted by Crippen LogP contribution is -2.03. The van der Waals surface area contributed by atoms with E-state index in [1.54, 1.807) is 6.07 Å². The van der Waals surface area contributed by atoms with E-state index in [4.69, 9.17) is 39.4 Å². The number of hydrogen-bond donors (Lipinski definition) is 3. The maximum absolute atomic E-state index is 11.2. The monoisotopic (exact) mass is 450 g/mol. The van der Waals surface area contributed by atoms with Crippen molar-refractivity contribution in [3.8, 4) is 5.75 Å². The van der Waals surface area contributed by atoms with E-state index < -0.39 is 4.92 Å². The van der Waals surface area contributed by atoms with Crippen LogP contribution in [0.1, 0.15) is 0 Å². The molecule has 0 aliphatic rings. The first-order valence-electron chi connectivity index (χ1n) is 8.21. The molecule has 3 aromatic carbocycles. The first-order chi connectivity index (χ1) is 13.8. The van der Waals surface area contributed by atoms with Crippen molar-refractivity contribution in [2.75, 3.05) is 23.9 Å². The molecule has 0 amide bonds. The van der Waals surface area contributed by atoms with E-state index in [9.17, 15) is 10.1 Å². The zero-order valence-corrected chi connectivity index (χ0v) is 17.4. The van der Waals surface area contributed by atoms with Crippen LogP contribution >= 0.6 is 35.0 Å². The van der Waals surface area contributed by atoms with Crippen molar-refractivity contribution in [1.82, 2.24) is 0 Å². The molecule has 7 nitrogen and oxygen atoms in total. The average Bonchev–Trinajstić information content (AvgIpc) is 2.70. The predicted octanol–water partition coefficient (Wildman–Crippen LogP) is 5.97. The molecule has 0 fully saturated rings. The molecule has 0 aliphatic heterocycles. The summed E-state index contributed by atoms with van der Waals surface area (Å²) in [6.07, 6.45) is 0. The number of nitrogens with zero attached hydrogens (tertiary/aromatic N) is 1. The molecule has 0 saturated heterocycles. The molecule has 10 heteroatoms. The number of ether oxygens (including phenoxy) is 1. The van der Waals surface area contributed by atoms with Crippen molar-refractivity contribution in [3.05, 3.63) is 68.7 Å². The lowest BCUT2D eigenvalue weighted by molar-refractivity contribution is -0.385. The van der Waals surface area contributed by atoms with Gasteiger partial charge in [0.25, 0.3) is 0 Å². The minimum absolute atomic E-state index is 0.0411. The smallest absolute Gasteiger partial charge is 0.312 e. The van der Waals surface area contributed by atoms with E-state index in [1.165, 1.54) is 31.0 Å². The van der Waals surface area contributed by atoms with Crippen molar-refractivity contribution in [1.29, 1.82) is 0 Å². The predicted molar refractivity (Wildman–Crippen MR) is 119 cm³/mol. The van der Waals surface area contributed by atoms with Crippen LogP contribution in [0, 0.1) is 10.1 Å². The van der Waals surface area contributed by atoms with Crippen molar-refractivity contribution < 1.29 is 9.66 Å². The standard InChI is InChI=1S/C19H16Cl2N4O3S/c1-28-15-9-13(11(20)7-14(15)25(26)27)24-19-17(21)12(22)8-16(18(19)23)29-10-5-3-2-4-6-10/h2-9,24H,22-23H2,1H3. The van der Waals surface area contributed by atoms with Gasteiger partial charge in [-0.2, -0.15) is 0 Å². The van der Waals surface area contributed by atoms with Crippen LogP contribution in [-0.4, -0.2) is 12.0 Å². The largest absolute Gasteiger partial charge is 0.490 e. The van der Waals surface area contributed by atoms with E-state index >= 15 is 0 Å². The summed E-state index contributed by atoms with van der Waals surface area (Å²) in [5.74, 6) is 0.0411. The van der Waals surface area contributed by atoms with Gasteiger partial charge in [-0.15, -0.1) is 0 Å². The number of rotatable bonds is 6. The average molecular weight is 451 g/mol. The molecule has 0 atom stereocenters. The van der Waals surface area contributed by atoms with Gasteiger partial charge in [-0.1, -0.05) is 53.2 Å². The number of nitrogens with one attached hydrogen (secondary N) is 1. The molecule has 5 N–H and O–H groups in total. The minimum atomic E-state index is -0.578. The number of hydrogen-bond acceptors (Lipinski definition) is 7. The lowest BCUT2D eigenvalue weighted by atomic mass is 10.2. The maximum Gasteiger partial charge on any atom is 0.312 e. The van der Waals surface area contributed by atoms with Crippen molar-refractivity contribution >= 4 is 63.4 Å². The normalized spacial score (nSPS) is 10.6. The van der Waals surface area contributed by atoms with E-state index in [2.05, 4.69) is 5.32 Å². The Balaban J connectivity index is 2.04. The van der Waals surface area contributed by atoms with Crippen LogP contribution in [0.2, 0.25) is 10.0 Å². The zero-order valence-electron chi connectivity index (χ0n) is 15.1. The summed E-state index contributed by atoms with van der Waals surface area (Å²) < 4.78 is 5.09. The summed E-state index contributed by atoms with van der Waals surface area (Å²) in [6.45, 7) is 0. The second-order valence-electron chi connectivity index (χ2n) is 5.87. The molecular weight excluding hydrogens is 435 g/mol. The van der Waals surface area contributed by atoms with Crippen LogP contribution in [0.3, 0.4) is 0 Å². The number of anilines is 4. The zero-order chi connectivity index (χ0) is 21.1. The Bertz CT molecular complexity index is 1080. The molecule has 3 rings (SSSR count). The molecule has 150 valence electrons. The van der Waals surface area contributed by atoms with E-state index in [-0.39, 0.29) is 21.5 Å². The third-order valence-corrected chi connectivity index (χ3v) is 5.78. The van der Waals surface area contributed by atoms with Gasteiger partial charge >= 0.3 is 5.69 Å². The Hall–Kier alpha value is -2.81. The van der Waals surface area contributed by atoms with Crippen molar-refractivity contribution in [3.63, 3.8) is 0 Å². The van der Waals surface area contributed by atoms with Crippen LogP contribution < -0.4 is 21.5 Å². The van der Waals surface area contributed by atoms with Gasteiger partial charge in [-0.25, -0.2) is 0 Å². The number of halogens is 2. The fourth-order valence-corrected chi connectivity index (χ4v) is 3.92. The highest BCUT2D eigenvalue weighted by atomic mass is 35.5. The second-order valence-corrected chi connectivity index (χ2v) is 7.77. The molecule has 0 spiro atoms. The summed E-state index contributed by atoms with van der Waals surface area (Å²) in [5.41, 5.74) is 13.5. The third-order valence-electron chi connectivity index (χ3n) is 3.99. The topological polar surface area (TPSA) is 116 Å². The third kappa shape index (κ3) is 4.45. The van der Waals surface area contributed by atoms with Gasteiger partial charge in [0.05, 0.1) is 44.8 Å². The summed E-state index contributed by atoms with van der Waals surface area (Å²) in [4.78, 5) is 12.3. The fourth-order valence-electron chi connectivity index (χ4n) is 2.57. The lowest BCUT2D eigenvalue weighted by Gasteiger charge is -2.18.